The molecule has 4 heteroatoms. The molecule has 114 valence electrons. The zero-order chi connectivity index (χ0) is 14.7. The molecule has 0 aromatic heterocycles. The molecule has 2 heterocycles. The van der Waals surface area contributed by atoms with Gasteiger partial charge in [0.25, 0.3) is 0 Å². The lowest BCUT2D eigenvalue weighted by Gasteiger charge is -2.40. The summed E-state index contributed by atoms with van der Waals surface area (Å²) in [5.41, 5.74) is 1.70. The number of benzene rings is 1. The highest BCUT2D eigenvalue weighted by Gasteiger charge is 2.42. The zero-order valence-corrected chi connectivity index (χ0v) is 12.8. The van der Waals surface area contributed by atoms with Crippen molar-refractivity contribution in [3.8, 4) is 0 Å². The summed E-state index contributed by atoms with van der Waals surface area (Å²) < 4.78 is 0. The first-order valence-electron chi connectivity index (χ1n) is 7.94. The fourth-order valence-electron chi connectivity index (χ4n) is 3.89. The fourth-order valence-corrected chi connectivity index (χ4v) is 3.89. The normalized spacial score (nSPS) is 26.2. The third-order valence-corrected chi connectivity index (χ3v) is 4.93. The minimum absolute atomic E-state index is 0.0760. The van der Waals surface area contributed by atoms with Crippen molar-refractivity contribution >= 4 is 6.03 Å². The van der Waals surface area contributed by atoms with Crippen molar-refractivity contribution in [1.29, 1.82) is 0 Å². The lowest BCUT2D eigenvalue weighted by atomic mass is 9.79. The van der Waals surface area contributed by atoms with E-state index in [-0.39, 0.29) is 6.03 Å². The summed E-state index contributed by atoms with van der Waals surface area (Å²) in [5, 5.41) is 2.75. The van der Waals surface area contributed by atoms with Crippen LogP contribution in [0.3, 0.4) is 0 Å². The standard InChI is InChI=1S/C17H25N3O/c1-18-16(21)20-11-9-17(14-20)8-5-10-19(13-17)12-15-6-3-2-4-7-15/h2-4,6-7H,5,8-14H2,1H3,(H,18,21). The Morgan fingerprint density at radius 1 is 1.19 bits per heavy atom. The first-order valence-corrected chi connectivity index (χ1v) is 7.94. The average Bonchev–Trinajstić information content (AvgIpc) is 2.91. The molecule has 1 N–H and O–H groups in total. The second-order valence-corrected chi connectivity index (χ2v) is 6.53. The summed E-state index contributed by atoms with van der Waals surface area (Å²) in [7, 11) is 1.72. The predicted molar refractivity (Wildman–Crippen MR) is 84.0 cm³/mol. The predicted octanol–water partition coefficient (Wildman–Crippen LogP) is 2.31. The summed E-state index contributed by atoms with van der Waals surface area (Å²) >= 11 is 0. The molecule has 1 unspecified atom stereocenters. The van der Waals surface area contributed by atoms with Crippen molar-refractivity contribution in [3.05, 3.63) is 35.9 Å². The Balaban J connectivity index is 1.62. The van der Waals surface area contributed by atoms with E-state index in [1.165, 1.54) is 24.9 Å². The minimum Gasteiger partial charge on any atom is -0.341 e. The maximum Gasteiger partial charge on any atom is 0.317 e. The Bertz CT molecular complexity index is 490. The van der Waals surface area contributed by atoms with Crippen molar-refractivity contribution < 1.29 is 4.79 Å². The van der Waals surface area contributed by atoms with Crippen molar-refractivity contribution in [2.75, 3.05) is 33.2 Å². The molecular formula is C17H25N3O. The SMILES string of the molecule is CNC(=O)N1CCC2(CCCN(Cc3ccccc3)C2)C1. The first kappa shape index (κ1) is 14.4. The third kappa shape index (κ3) is 3.21. The Kier molecular flexibility index (Phi) is 4.15. The van der Waals surface area contributed by atoms with Gasteiger partial charge in [-0.05, 0) is 31.4 Å². The number of urea groups is 1. The van der Waals surface area contributed by atoms with Gasteiger partial charge in [0.1, 0.15) is 0 Å². The third-order valence-electron chi connectivity index (χ3n) is 4.93. The summed E-state index contributed by atoms with van der Waals surface area (Å²) in [6, 6.07) is 10.8. The first-order chi connectivity index (χ1) is 10.2. The van der Waals surface area contributed by atoms with Gasteiger partial charge in [0.15, 0.2) is 0 Å². The van der Waals surface area contributed by atoms with E-state index in [9.17, 15) is 4.79 Å². The van der Waals surface area contributed by atoms with Gasteiger partial charge in [-0.3, -0.25) is 4.90 Å². The van der Waals surface area contributed by atoms with Gasteiger partial charge in [-0.1, -0.05) is 30.3 Å². The maximum absolute atomic E-state index is 11.8. The number of piperidine rings is 1. The summed E-state index contributed by atoms with van der Waals surface area (Å²) in [6.45, 7) is 5.14. The lowest BCUT2D eigenvalue weighted by molar-refractivity contribution is 0.0899. The highest BCUT2D eigenvalue weighted by atomic mass is 16.2. The van der Waals surface area contributed by atoms with Crippen LogP contribution >= 0.6 is 0 Å². The number of carbonyl (C=O) groups is 1. The number of carbonyl (C=O) groups excluding carboxylic acids is 1. The van der Waals surface area contributed by atoms with E-state index in [1.807, 2.05) is 4.90 Å². The van der Waals surface area contributed by atoms with Crippen molar-refractivity contribution in [1.82, 2.24) is 15.1 Å². The van der Waals surface area contributed by atoms with Gasteiger partial charge in [0.05, 0.1) is 0 Å². The van der Waals surface area contributed by atoms with Gasteiger partial charge in [-0.15, -0.1) is 0 Å². The van der Waals surface area contributed by atoms with Crippen LogP contribution in [0.2, 0.25) is 0 Å². The molecule has 1 aromatic carbocycles. The van der Waals surface area contributed by atoms with Crippen LogP contribution in [0.5, 0.6) is 0 Å². The van der Waals surface area contributed by atoms with Gasteiger partial charge >= 0.3 is 6.03 Å². The molecule has 2 fully saturated rings. The minimum atomic E-state index is 0.0760. The molecule has 21 heavy (non-hydrogen) atoms. The van der Waals surface area contributed by atoms with Crippen molar-refractivity contribution in [2.45, 2.75) is 25.8 Å². The summed E-state index contributed by atoms with van der Waals surface area (Å²) in [6.07, 6.45) is 3.64. The molecule has 1 aromatic rings. The maximum atomic E-state index is 11.8. The number of nitrogens with zero attached hydrogens (tertiary/aromatic N) is 2. The van der Waals surface area contributed by atoms with Gasteiger partial charge < -0.3 is 10.2 Å². The van der Waals surface area contributed by atoms with Crippen LogP contribution in [-0.4, -0.2) is 49.1 Å². The van der Waals surface area contributed by atoms with E-state index in [1.54, 1.807) is 7.05 Å². The highest BCUT2D eigenvalue weighted by molar-refractivity contribution is 5.74. The van der Waals surface area contributed by atoms with Gasteiger partial charge in [-0.2, -0.15) is 0 Å². The van der Waals surface area contributed by atoms with E-state index in [4.69, 9.17) is 0 Å². The Morgan fingerprint density at radius 3 is 2.76 bits per heavy atom. The van der Waals surface area contributed by atoms with E-state index in [0.29, 0.717) is 5.41 Å². The molecule has 2 aliphatic rings. The number of likely N-dealkylation sites (tertiary alicyclic amines) is 2. The van der Waals surface area contributed by atoms with Gasteiger partial charge in [-0.25, -0.2) is 4.79 Å². The van der Waals surface area contributed by atoms with Crippen LogP contribution in [0.25, 0.3) is 0 Å². The van der Waals surface area contributed by atoms with Crippen LogP contribution in [0.1, 0.15) is 24.8 Å². The summed E-state index contributed by atoms with van der Waals surface area (Å²) in [5.74, 6) is 0. The van der Waals surface area contributed by atoms with Gasteiger partial charge in [0, 0.05) is 38.6 Å². The van der Waals surface area contributed by atoms with E-state index >= 15 is 0 Å². The van der Waals surface area contributed by atoms with Crippen LogP contribution in [0.15, 0.2) is 30.3 Å². The smallest absolute Gasteiger partial charge is 0.317 e. The molecule has 0 bridgehead atoms. The Labute approximate surface area is 127 Å². The second kappa shape index (κ2) is 6.06. The number of amides is 2. The second-order valence-electron chi connectivity index (χ2n) is 6.53. The quantitative estimate of drug-likeness (QED) is 0.906. The molecule has 0 aliphatic carbocycles. The molecule has 4 nitrogen and oxygen atoms in total. The molecule has 2 saturated heterocycles. The number of nitrogens with one attached hydrogen (secondary N) is 1. The van der Waals surface area contributed by atoms with Crippen LogP contribution in [0.4, 0.5) is 4.79 Å². The van der Waals surface area contributed by atoms with Crippen molar-refractivity contribution in [3.63, 3.8) is 0 Å². The number of hydrogen-bond acceptors (Lipinski definition) is 2. The Morgan fingerprint density at radius 2 is 2.00 bits per heavy atom. The molecule has 1 spiro atoms. The van der Waals surface area contributed by atoms with E-state index < -0.39 is 0 Å². The van der Waals surface area contributed by atoms with Crippen LogP contribution in [-0.2, 0) is 6.54 Å². The van der Waals surface area contributed by atoms with Crippen LogP contribution in [0, 0.1) is 5.41 Å². The molecular weight excluding hydrogens is 262 g/mol. The fraction of sp³-hybridized carbons (Fsp3) is 0.588. The van der Waals surface area contributed by atoms with Crippen LogP contribution < -0.4 is 5.32 Å². The largest absolute Gasteiger partial charge is 0.341 e. The number of rotatable bonds is 2. The van der Waals surface area contributed by atoms with E-state index in [2.05, 4.69) is 40.5 Å². The Hall–Kier alpha value is -1.55. The zero-order valence-electron chi connectivity index (χ0n) is 12.8. The average molecular weight is 287 g/mol. The molecule has 2 aliphatic heterocycles. The molecule has 2 amide bonds. The number of hydrogen-bond donors (Lipinski definition) is 1. The molecule has 0 saturated carbocycles. The topological polar surface area (TPSA) is 35.6 Å². The monoisotopic (exact) mass is 287 g/mol. The van der Waals surface area contributed by atoms with Gasteiger partial charge in [0.2, 0.25) is 0 Å². The summed E-state index contributed by atoms with van der Waals surface area (Å²) in [4.78, 5) is 16.4. The molecule has 1 atom stereocenters. The lowest BCUT2D eigenvalue weighted by Crippen LogP contribution is -2.45. The molecule has 0 radical (unpaired) electrons. The molecule has 3 rings (SSSR count). The highest BCUT2D eigenvalue weighted by Crippen LogP contribution is 2.39. The van der Waals surface area contributed by atoms with E-state index in [0.717, 1.165) is 32.6 Å². The van der Waals surface area contributed by atoms with Crippen molar-refractivity contribution in [2.24, 2.45) is 5.41 Å².